The third-order valence-electron chi connectivity index (χ3n) is 4.43. The molecule has 22 heavy (non-hydrogen) atoms. The van der Waals surface area contributed by atoms with Gasteiger partial charge < -0.3 is 15.4 Å². The van der Waals surface area contributed by atoms with Crippen LogP contribution in [0.1, 0.15) is 31.5 Å². The molecule has 0 bridgehead atoms. The molecule has 0 aromatic carbocycles. The Morgan fingerprint density at radius 2 is 2.45 bits per heavy atom. The summed E-state index contributed by atoms with van der Waals surface area (Å²) >= 11 is 0. The number of rotatable bonds is 4. The van der Waals surface area contributed by atoms with Crippen molar-refractivity contribution in [2.24, 2.45) is 0 Å². The molecule has 0 saturated carbocycles. The van der Waals surface area contributed by atoms with E-state index in [0.29, 0.717) is 12.6 Å². The lowest BCUT2D eigenvalue weighted by atomic mass is 10.2. The van der Waals surface area contributed by atoms with Crippen LogP contribution in [0.3, 0.4) is 0 Å². The number of nitrogens with one attached hydrogen (secondary N) is 2. The standard InChI is InChI=1S/C16H24N4O2/c1-12(15-6-2-3-7-17-15)19-16(21)18-9-14-10-20-8-4-5-13(20)11-22-14/h2-3,6-7,12-14H,4-5,8-11H2,1H3,(H2,18,19,21)/t12-,13+,14+/m0/s1. The Morgan fingerprint density at radius 1 is 1.55 bits per heavy atom. The van der Waals surface area contributed by atoms with Crippen molar-refractivity contribution in [2.75, 3.05) is 26.2 Å². The zero-order valence-electron chi connectivity index (χ0n) is 13.0. The summed E-state index contributed by atoms with van der Waals surface area (Å²) in [6.45, 7) is 5.34. The molecule has 2 aliphatic heterocycles. The maximum atomic E-state index is 12.0. The van der Waals surface area contributed by atoms with Gasteiger partial charge in [0.2, 0.25) is 0 Å². The van der Waals surface area contributed by atoms with Crippen molar-refractivity contribution in [2.45, 2.75) is 38.0 Å². The van der Waals surface area contributed by atoms with E-state index in [1.54, 1.807) is 6.20 Å². The van der Waals surface area contributed by atoms with E-state index in [1.165, 1.54) is 12.8 Å². The van der Waals surface area contributed by atoms with Gasteiger partial charge in [0.05, 0.1) is 24.4 Å². The number of pyridine rings is 1. The molecule has 0 aliphatic carbocycles. The van der Waals surface area contributed by atoms with E-state index >= 15 is 0 Å². The molecule has 0 radical (unpaired) electrons. The molecule has 2 aliphatic rings. The minimum Gasteiger partial charge on any atom is -0.373 e. The van der Waals surface area contributed by atoms with Crippen molar-refractivity contribution in [3.05, 3.63) is 30.1 Å². The summed E-state index contributed by atoms with van der Waals surface area (Å²) in [5.74, 6) is 0. The average molecular weight is 304 g/mol. The van der Waals surface area contributed by atoms with Crippen molar-refractivity contribution >= 4 is 6.03 Å². The molecule has 2 fully saturated rings. The van der Waals surface area contributed by atoms with Gasteiger partial charge in [-0.3, -0.25) is 9.88 Å². The third kappa shape index (κ3) is 3.75. The van der Waals surface area contributed by atoms with Gasteiger partial charge in [-0.15, -0.1) is 0 Å². The number of nitrogens with zero attached hydrogens (tertiary/aromatic N) is 2. The number of morpholine rings is 1. The number of amides is 2. The first kappa shape index (κ1) is 15.2. The summed E-state index contributed by atoms with van der Waals surface area (Å²) in [6.07, 6.45) is 4.32. The van der Waals surface area contributed by atoms with Gasteiger partial charge in [0.25, 0.3) is 0 Å². The van der Waals surface area contributed by atoms with Crippen molar-refractivity contribution in [1.82, 2.24) is 20.5 Å². The van der Waals surface area contributed by atoms with Crippen LogP contribution < -0.4 is 10.6 Å². The van der Waals surface area contributed by atoms with Crippen LogP contribution in [0.4, 0.5) is 4.79 Å². The largest absolute Gasteiger partial charge is 0.373 e. The summed E-state index contributed by atoms with van der Waals surface area (Å²) in [4.78, 5) is 18.7. The summed E-state index contributed by atoms with van der Waals surface area (Å²) in [7, 11) is 0. The first-order valence-electron chi connectivity index (χ1n) is 8.03. The number of aromatic nitrogens is 1. The lowest BCUT2D eigenvalue weighted by Crippen LogP contribution is -2.51. The zero-order valence-corrected chi connectivity index (χ0v) is 13.0. The zero-order chi connectivity index (χ0) is 15.4. The van der Waals surface area contributed by atoms with Crippen LogP contribution in [0, 0.1) is 0 Å². The highest BCUT2D eigenvalue weighted by Gasteiger charge is 2.32. The Morgan fingerprint density at radius 3 is 3.27 bits per heavy atom. The number of hydrogen-bond acceptors (Lipinski definition) is 4. The lowest BCUT2D eigenvalue weighted by molar-refractivity contribution is -0.0458. The second-order valence-corrected chi connectivity index (χ2v) is 6.08. The molecule has 3 rings (SSSR count). The Bertz CT molecular complexity index is 496. The predicted octanol–water partition coefficient (Wildman–Crippen LogP) is 1.30. The lowest BCUT2D eigenvalue weighted by Gasteiger charge is -2.35. The second-order valence-electron chi connectivity index (χ2n) is 6.08. The topological polar surface area (TPSA) is 66.5 Å². The number of urea groups is 1. The average Bonchev–Trinajstić information content (AvgIpc) is 3.01. The summed E-state index contributed by atoms with van der Waals surface area (Å²) in [6, 6.07) is 5.99. The summed E-state index contributed by atoms with van der Waals surface area (Å²) in [5, 5.41) is 5.80. The van der Waals surface area contributed by atoms with E-state index in [-0.39, 0.29) is 18.2 Å². The molecule has 120 valence electrons. The van der Waals surface area contributed by atoms with E-state index in [4.69, 9.17) is 4.74 Å². The molecule has 1 aromatic rings. The van der Waals surface area contributed by atoms with Gasteiger partial charge >= 0.3 is 6.03 Å². The second kappa shape index (κ2) is 7.07. The van der Waals surface area contributed by atoms with Crippen LogP contribution in [0.5, 0.6) is 0 Å². The smallest absolute Gasteiger partial charge is 0.315 e. The van der Waals surface area contributed by atoms with Gasteiger partial charge in [-0.2, -0.15) is 0 Å². The molecule has 6 heteroatoms. The molecule has 2 amide bonds. The molecule has 2 N–H and O–H groups in total. The molecule has 3 heterocycles. The SMILES string of the molecule is C[C@H](NC(=O)NC[C@@H]1CN2CCC[C@@H]2CO1)c1ccccn1. The van der Waals surface area contributed by atoms with E-state index in [2.05, 4.69) is 20.5 Å². The number of fused-ring (bicyclic) bond motifs is 1. The highest BCUT2D eigenvalue weighted by atomic mass is 16.5. The normalized spacial score (nSPS) is 26.2. The van der Waals surface area contributed by atoms with Crippen molar-refractivity contribution in [3.8, 4) is 0 Å². The Hall–Kier alpha value is -1.66. The number of carbonyl (C=O) groups excluding carboxylic acids is 1. The molecular formula is C16H24N4O2. The van der Waals surface area contributed by atoms with Crippen LogP contribution in [0.25, 0.3) is 0 Å². The molecule has 1 aromatic heterocycles. The molecule has 0 unspecified atom stereocenters. The van der Waals surface area contributed by atoms with Gasteiger partial charge in [-0.25, -0.2) is 4.79 Å². The maximum Gasteiger partial charge on any atom is 0.315 e. The number of ether oxygens (including phenoxy) is 1. The van der Waals surface area contributed by atoms with Crippen LogP contribution in [0.2, 0.25) is 0 Å². The van der Waals surface area contributed by atoms with Crippen LogP contribution >= 0.6 is 0 Å². The monoisotopic (exact) mass is 304 g/mol. The fraction of sp³-hybridized carbons (Fsp3) is 0.625. The van der Waals surface area contributed by atoms with Gasteiger partial charge in [-0.05, 0) is 38.4 Å². The minimum absolute atomic E-state index is 0.0882. The van der Waals surface area contributed by atoms with E-state index in [1.807, 2.05) is 25.1 Å². The van der Waals surface area contributed by atoms with Crippen LogP contribution in [-0.2, 0) is 4.74 Å². The van der Waals surface area contributed by atoms with Crippen molar-refractivity contribution in [3.63, 3.8) is 0 Å². The fourth-order valence-corrected chi connectivity index (χ4v) is 3.17. The van der Waals surface area contributed by atoms with Gasteiger partial charge in [0, 0.05) is 25.3 Å². The Balaban J connectivity index is 1.41. The van der Waals surface area contributed by atoms with Gasteiger partial charge in [0.15, 0.2) is 0 Å². The fourth-order valence-electron chi connectivity index (χ4n) is 3.17. The summed E-state index contributed by atoms with van der Waals surface area (Å²) < 4.78 is 5.84. The third-order valence-corrected chi connectivity index (χ3v) is 4.43. The van der Waals surface area contributed by atoms with Crippen LogP contribution in [0.15, 0.2) is 24.4 Å². The van der Waals surface area contributed by atoms with Crippen molar-refractivity contribution < 1.29 is 9.53 Å². The predicted molar refractivity (Wildman–Crippen MR) is 83.5 cm³/mol. The first-order chi connectivity index (χ1) is 10.7. The Labute approximate surface area is 131 Å². The molecular weight excluding hydrogens is 280 g/mol. The van der Waals surface area contributed by atoms with Crippen LogP contribution in [-0.4, -0.2) is 54.3 Å². The maximum absolute atomic E-state index is 12.0. The summed E-state index contributed by atoms with van der Waals surface area (Å²) in [5.41, 5.74) is 0.853. The number of hydrogen-bond donors (Lipinski definition) is 2. The minimum atomic E-state index is -0.176. The highest BCUT2D eigenvalue weighted by molar-refractivity contribution is 5.74. The molecule has 3 atom stereocenters. The van der Waals surface area contributed by atoms with E-state index in [0.717, 1.165) is 25.4 Å². The molecule has 2 saturated heterocycles. The van der Waals surface area contributed by atoms with E-state index < -0.39 is 0 Å². The highest BCUT2D eigenvalue weighted by Crippen LogP contribution is 2.22. The van der Waals surface area contributed by atoms with Crippen molar-refractivity contribution in [1.29, 1.82) is 0 Å². The van der Waals surface area contributed by atoms with E-state index in [9.17, 15) is 4.79 Å². The first-order valence-corrected chi connectivity index (χ1v) is 8.03. The molecule has 0 spiro atoms. The Kier molecular flexibility index (Phi) is 4.90. The number of carbonyl (C=O) groups is 1. The van der Waals surface area contributed by atoms with Gasteiger partial charge in [0.1, 0.15) is 0 Å². The molecule has 6 nitrogen and oxygen atoms in total. The quantitative estimate of drug-likeness (QED) is 0.880. The van der Waals surface area contributed by atoms with Gasteiger partial charge in [-0.1, -0.05) is 6.07 Å².